The highest BCUT2D eigenvalue weighted by Crippen LogP contribution is 2.34. The second-order valence-corrected chi connectivity index (χ2v) is 6.09. The number of benzene rings is 2. The Bertz CT molecular complexity index is 856. The van der Waals surface area contributed by atoms with Gasteiger partial charge in [0.1, 0.15) is 5.75 Å². The largest absolute Gasteiger partial charge is 0.496 e. The Morgan fingerprint density at radius 3 is 2.03 bits per heavy atom. The van der Waals surface area contributed by atoms with Crippen molar-refractivity contribution in [3.63, 3.8) is 0 Å². The van der Waals surface area contributed by atoms with Crippen molar-refractivity contribution in [3.05, 3.63) is 57.6 Å². The fourth-order valence-corrected chi connectivity index (χ4v) is 2.87. The molecule has 2 aromatic carbocycles. The SMILES string of the molecule is COc1ccccc1CCNC(=O)NCCc1cc(OC)c(OC)cc1[N+](=O)[O-]. The van der Waals surface area contributed by atoms with Crippen molar-refractivity contribution in [2.24, 2.45) is 0 Å². The molecule has 0 unspecified atom stereocenters. The van der Waals surface area contributed by atoms with Gasteiger partial charge in [-0.15, -0.1) is 0 Å². The maximum atomic E-state index is 12.0. The summed E-state index contributed by atoms with van der Waals surface area (Å²) in [6.07, 6.45) is 0.898. The topological polar surface area (TPSA) is 112 Å². The van der Waals surface area contributed by atoms with Gasteiger partial charge < -0.3 is 24.8 Å². The lowest BCUT2D eigenvalue weighted by Gasteiger charge is -2.12. The number of carbonyl (C=O) groups is 1. The molecule has 0 bridgehead atoms. The lowest BCUT2D eigenvalue weighted by Crippen LogP contribution is -2.37. The molecule has 0 saturated heterocycles. The first-order valence-electron chi connectivity index (χ1n) is 9.03. The maximum Gasteiger partial charge on any atom is 0.314 e. The van der Waals surface area contributed by atoms with Gasteiger partial charge in [0, 0.05) is 18.7 Å². The van der Waals surface area contributed by atoms with Crippen molar-refractivity contribution < 1.29 is 23.9 Å². The van der Waals surface area contributed by atoms with Crippen LogP contribution in [0, 0.1) is 10.1 Å². The van der Waals surface area contributed by atoms with Crippen LogP contribution in [0.2, 0.25) is 0 Å². The molecular formula is C20H25N3O6. The molecule has 0 heterocycles. The molecule has 2 N–H and O–H groups in total. The van der Waals surface area contributed by atoms with E-state index in [-0.39, 0.29) is 30.4 Å². The third-order valence-electron chi connectivity index (χ3n) is 4.33. The fraction of sp³-hybridized carbons (Fsp3) is 0.350. The van der Waals surface area contributed by atoms with Gasteiger partial charge in [0.25, 0.3) is 5.69 Å². The zero-order chi connectivity index (χ0) is 21.2. The molecule has 0 aliphatic carbocycles. The van der Waals surface area contributed by atoms with Crippen LogP contribution in [0.4, 0.5) is 10.5 Å². The van der Waals surface area contributed by atoms with Crippen LogP contribution in [0.5, 0.6) is 17.2 Å². The van der Waals surface area contributed by atoms with Gasteiger partial charge in [0.2, 0.25) is 0 Å². The summed E-state index contributed by atoms with van der Waals surface area (Å²) >= 11 is 0. The number of urea groups is 1. The third-order valence-corrected chi connectivity index (χ3v) is 4.33. The second kappa shape index (κ2) is 10.7. The Morgan fingerprint density at radius 2 is 1.45 bits per heavy atom. The third kappa shape index (κ3) is 6.00. The number of rotatable bonds is 10. The van der Waals surface area contributed by atoms with Gasteiger partial charge in [-0.2, -0.15) is 0 Å². The van der Waals surface area contributed by atoms with Crippen molar-refractivity contribution in [3.8, 4) is 17.2 Å². The van der Waals surface area contributed by atoms with E-state index in [2.05, 4.69) is 10.6 Å². The number of para-hydroxylation sites is 1. The minimum atomic E-state index is -0.482. The number of hydrogen-bond acceptors (Lipinski definition) is 6. The van der Waals surface area contributed by atoms with Crippen LogP contribution in [0.3, 0.4) is 0 Å². The Labute approximate surface area is 169 Å². The maximum absolute atomic E-state index is 12.0. The van der Waals surface area contributed by atoms with Crippen LogP contribution in [0.25, 0.3) is 0 Å². The molecule has 0 atom stereocenters. The number of nitro groups is 1. The minimum Gasteiger partial charge on any atom is -0.496 e. The predicted octanol–water partition coefficient (Wildman–Crippen LogP) is 2.71. The van der Waals surface area contributed by atoms with Gasteiger partial charge in [0.15, 0.2) is 11.5 Å². The molecule has 2 amide bonds. The molecular weight excluding hydrogens is 378 g/mol. The summed E-state index contributed by atoms with van der Waals surface area (Å²) in [5.74, 6) is 1.45. The average Bonchev–Trinajstić information content (AvgIpc) is 2.73. The number of amides is 2. The molecule has 156 valence electrons. The van der Waals surface area contributed by atoms with Crippen molar-refractivity contribution in [2.45, 2.75) is 12.8 Å². The van der Waals surface area contributed by atoms with E-state index in [4.69, 9.17) is 14.2 Å². The second-order valence-electron chi connectivity index (χ2n) is 6.09. The van der Waals surface area contributed by atoms with Crippen molar-refractivity contribution in [2.75, 3.05) is 34.4 Å². The van der Waals surface area contributed by atoms with Crippen LogP contribution in [-0.4, -0.2) is 45.4 Å². The molecule has 0 aromatic heterocycles. The smallest absolute Gasteiger partial charge is 0.314 e. The minimum absolute atomic E-state index is 0.0824. The molecule has 29 heavy (non-hydrogen) atoms. The molecule has 0 aliphatic rings. The zero-order valence-electron chi connectivity index (χ0n) is 16.7. The molecule has 9 heteroatoms. The molecule has 0 radical (unpaired) electrons. The first-order chi connectivity index (χ1) is 14.0. The Morgan fingerprint density at radius 1 is 0.897 bits per heavy atom. The van der Waals surface area contributed by atoms with Gasteiger partial charge in [-0.3, -0.25) is 10.1 Å². The number of nitrogens with one attached hydrogen (secondary N) is 2. The Kier molecular flexibility index (Phi) is 8.08. The van der Waals surface area contributed by atoms with Gasteiger partial charge in [-0.25, -0.2) is 4.79 Å². The van der Waals surface area contributed by atoms with Crippen LogP contribution < -0.4 is 24.8 Å². The zero-order valence-corrected chi connectivity index (χ0v) is 16.7. The quantitative estimate of drug-likeness (QED) is 0.466. The number of hydrogen-bond donors (Lipinski definition) is 2. The number of nitrogens with zero attached hydrogens (tertiary/aromatic N) is 1. The van der Waals surface area contributed by atoms with E-state index >= 15 is 0 Å². The Hall–Kier alpha value is -3.49. The van der Waals surface area contributed by atoms with E-state index in [1.165, 1.54) is 20.3 Å². The van der Waals surface area contributed by atoms with Crippen LogP contribution in [0.1, 0.15) is 11.1 Å². The number of ether oxygens (including phenoxy) is 3. The highest BCUT2D eigenvalue weighted by Gasteiger charge is 2.19. The number of nitro benzene ring substituents is 1. The first-order valence-corrected chi connectivity index (χ1v) is 9.03. The number of carbonyl (C=O) groups excluding carboxylic acids is 1. The van der Waals surface area contributed by atoms with E-state index in [1.807, 2.05) is 24.3 Å². The summed E-state index contributed by atoms with van der Waals surface area (Å²) in [6.45, 7) is 0.666. The summed E-state index contributed by atoms with van der Waals surface area (Å²) in [5.41, 5.74) is 1.36. The molecule has 2 aromatic rings. The highest BCUT2D eigenvalue weighted by atomic mass is 16.6. The van der Waals surface area contributed by atoms with Gasteiger partial charge >= 0.3 is 6.03 Å². The summed E-state index contributed by atoms with van der Waals surface area (Å²) in [7, 11) is 4.48. The fourth-order valence-electron chi connectivity index (χ4n) is 2.87. The summed E-state index contributed by atoms with van der Waals surface area (Å²) in [4.78, 5) is 22.8. The van der Waals surface area contributed by atoms with Crippen molar-refractivity contribution >= 4 is 11.7 Å². The van der Waals surface area contributed by atoms with E-state index in [0.717, 1.165) is 11.3 Å². The summed E-state index contributed by atoms with van der Waals surface area (Å²) < 4.78 is 15.6. The Balaban J connectivity index is 1.87. The summed E-state index contributed by atoms with van der Waals surface area (Å²) in [6, 6.07) is 10.1. The lowest BCUT2D eigenvalue weighted by molar-refractivity contribution is -0.385. The normalized spacial score (nSPS) is 10.2. The van der Waals surface area contributed by atoms with Gasteiger partial charge in [-0.05, 0) is 30.5 Å². The van der Waals surface area contributed by atoms with Gasteiger partial charge in [0.05, 0.1) is 32.3 Å². The number of methoxy groups -OCH3 is 3. The van der Waals surface area contributed by atoms with Crippen molar-refractivity contribution in [1.29, 1.82) is 0 Å². The molecule has 0 spiro atoms. The summed E-state index contributed by atoms with van der Waals surface area (Å²) in [5, 5.41) is 16.8. The lowest BCUT2D eigenvalue weighted by atomic mass is 10.1. The van der Waals surface area contributed by atoms with E-state index in [0.29, 0.717) is 24.3 Å². The monoisotopic (exact) mass is 403 g/mol. The average molecular weight is 403 g/mol. The van der Waals surface area contributed by atoms with E-state index < -0.39 is 4.92 Å². The predicted molar refractivity (Wildman–Crippen MR) is 108 cm³/mol. The molecule has 2 rings (SSSR count). The van der Waals surface area contributed by atoms with Crippen LogP contribution in [-0.2, 0) is 12.8 Å². The molecule has 0 fully saturated rings. The first kappa shape index (κ1) is 21.8. The van der Waals surface area contributed by atoms with E-state index in [1.54, 1.807) is 13.2 Å². The van der Waals surface area contributed by atoms with Crippen LogP contribution >= 0.6 is 0 Å². The van der Waals surface area contributed by atoms with Crippen LogP contribution in [0.15, 0.2) is 36.4 Å². The van der Waals surface area contributed by atoms with Crippen molar-refractivity contribution in [1.82, 2.24) is 10.6 Å². The molecule has 9 nitrogen and oxygen atoms in total. The molecule has 0 saturated carbocycles. The van der Waals surface area contributed by atoms with Gasteiger partial charge in [-0.1, -0.05) is 18.2 Å². The molecule has 0 aliphatic heterocycles. The highest BCUT2D eigenvalue weighted by molar-refractivity contribution is 5.73. The standard InChI is InChI=1S/C20H25N3O6/c1-27-17-7-5-4-6-14(17)8-10-21-20(24)22-11-9-15-12-18(28-2)19(29-3)13-16(15)23(25)26/h4-7,12-13H,8-11H2,1-3H3,(H2,21,22,24). The van der Waals surface area contributed by atoms with E-state index in [9.17, 15) is 14.9 Å².